The standard InChI is InChI=1S/C18H23N3O2S/c1-11(2)16(20-13(4)22)17(23)21-18-19-10-15(24-18)9-14-8-6-5-7-12(14)3/h5-8,10-11,16H,9H2,1-4H3,(H,20,22)(H,19,21,23). The highest BCUT2D eigenvalue weighted by atomic mass is 32.1. The fraction of sp³-hybridized carbons (Fsp3) is 0.389. The quantitative estimate of drug-likeness (QED) is 0.845. The Labute approximate surface area is 146 Å². The van der Waals surface area contributed by atoms with Gasteiger partial charge in [-0.15, -0.1) is 11.3 Å². The van der Waals surface area contributed by atoms with Crippen LogP contribution in [0.25, 0.3) is 0 Å². The van der Waals surface area contributed by atoms with Crippen LogP contribution in [0.5, 0.6) is 0 Å². The van der Waals surface area contributed by atoms with Crippen molar-refractivity contribution in [3.63, 3.8) is 0 Å². The second-order valence-corrected chi connectivity index (χ2v) is 7.26. The zero-order valence-corrected chi connectivity index (χ0v) is 15.2. The molecular weight excluding hydrogens is 322 g/mol. The number of nitrogens with zero attached hydrogens (tertiary/aromatic N) is 1. The fourth-order valence-electron chi connectivity index (χ4n) is 2.38. The van der Waals surface area contributed by atoms with E-state index in [-0.39, 0.29) is 17.7 Å². The normalized spacial score (nSPS) is 12.0. The van der Waals surface area contributed by atoms with Crippen LogP contribution < -0.4 is 10.6 Å². The maximum atomic E-state index is 12.4. The highest BCUT2D eigenvalue weighted by Gasteiger charge is 2.23. The third kappa shape index (κ3) is 4.89. The molecule has 1 unspecified atom stereocenters. The molecule has 2 aromatic rings. The summed E-state index contributed by atoms with van der Waals surface area (Å²) in [7, 11) is 0. The monoisotopic (exact) mass is 345 g/mol. The predicted molar refractivity (Wildman–Crippen MR) is 97.2 cm³/mol. The second-order valence-electron chi connectivity index (χ2n) is 6.15. The first-order chi connectivity index (χ1) is 11.4. The van der Waals surface area contributed by atoms with Crippen LogP contribution >= 0.6 is 11.3 Å². The Hall–Kier alpha value is -2.21. The number of rotatable bonds is 6. The van der Waals surface area contributed by atoms with Gasteiger partial charge in [-0.05, 0) is 24.0 Å². The van der Waals surface area contributed by atoms with Crippen LogP contribution in [-0.4, -0.2) is 22.8 Å². The first kappa shape index (κ1) is 18.1. The van der Waals surface area contributed by atoms with Gasteiger partial charge in [0.2, 0.25) is 11.8 Å². The van der Waals surface area contributed by atoms with Crippen molar-refractivity contribution in [2.24, 2.45) is 5.92 Å². The summed E-state index contributed by atoms with van der Waals surface area (Å²) in [6.07, 6.45) is 2.58. The number of carbonyl (C=O) groups is 2. The average Bonchev–Trinajstić information content (AvgIpc) is 2.93. The predicted octanol–water partition coefficient (Wildman–Crippen LogP) is 3.14. The zero-order valence-electron chi connectivity index (χ0n) is 14.4. The molecule has 0 aliphatic rings. The molecule has 0 saturated carbocycles. The van der Waals surface area contributed by atoms with Crippen molar-refractivity contribution in [3.05, 3.63) is 46.5 Å². The van der Waals surface area contributed by atoms with Gasteiger partial charge in [0.25, 0.3) is 0 Å². The fourth-order valence-corrected chi connectivity index (χ4v) is 3.22. The van der Waals surface area contributed by atoms with Crippen LogP contribution in [0.15, 0.2) is 30.5 Å². The maximum absolute atomic E-state index is 12.4. The number of anilines is 1. The number of nitrogens with one attached hydrogen (secondary N) is 2. The SMILES string of the molecule is CC(=O)NC(C(=O)Nc1ncc(Cc2ccccc2C)s1)C(C)C. The lowest BCUT2D eigenvalue weighted by molar-refractivity contribution is -0.126. The molecule has 0 fully saturated rings. The van der Waals surface area contributed by atoms with Gasteiger partial charge in [0.15, 0.2) is 5.13 Å². The van der Waals surface area contributed by atoms with Gasteiger partial charge in [-0.3, -0.25) is 9.59 Å². The number of aromatic nitrogens is 1. The molecule has 0 spiro atoms. The van der Waals surface area contributed by atoms with E-state index in [1.807, 2.05) is 26.0 Å². The maximum Gasteiger partial charge on any atom is 0.248 e. The molecule has 1 heterocycles. The third-order valence-corrected chi connectivity index (χ3v) is 4.63. The summed E-state index contributed by atoms with van der Waals surface area (Å²) in [5.41, 5.74) is 2.49. The minimum atomic E-state index is -0.564. The van der Waals surface area contributed by atoms with E-state index in [0.717, 1.165) is 11.3 Å². The number of benzene rings is 1. The minimum Gasteiger partial charge on any atom is -0.344 e. The van der Waals surface area contributed by atoms with Crippen LogP contribution in [0.3, 0.4) is 0 Å². The molecule has 5 nitrogen and oxygen atoms in total. The summed E-state index contributed by atoms with van der Waals surface area (Å²) >= 11 is 1.46. The highest BCUT2D eigenvalue weighted by Crippen LogP contribution is 2.23. The number of thiazole rings is 1. The summed E-state index contributed by atoms with van der Waals surface area (Å²) in [4.78, 5) is 29.0. The van der Waals surface area contributed by atoms with Gasteiger partial charge in [0, 0.05) is 24.4 Å². The Morgan fingerprint density at radius 1 is 1.25 bits per heavy atom. The number of carbonyl (C=O) groups excluding carboxylic acids is 2. The molecule has 2 N–H and O–H groups in total. The van der Waals surface area contributed by atoms with Gasteiger partial charge in [0.05, 0.1) is 0 Å². The molecular formula is C18H23N3O2S. The van der Waals surface area contributed by atoms with Crippen LogP contribution in [0.1, 0.15) is 36.8 Å². The van der Waals surface area contributed by atoms with Gasteiger partial charge in [0.1, 0.15) is 6.04 Å². The van der Waals surface area contributed by atoms with Crippen molar-refractivity contribution in [1.82, 2.24) is 10.3 Å². The Morgan fingerprint density at radius 2 is 1.96 bits per heavy atom. The number of aryl methyl sites for hydroxylation is 1. The second kappa shape index (κ2) is 8.06. The van der Waals surface area contributed by atoms with E-state index in [4.69, 9.17) is 0 Å². The molecule has 0 bridgehead atoms. The van der Waals surface area contributed by atoms with Crippen LogP contribution in [-0.2, 0) is 16.0 Å². The van der Waals surface area contributed by atoms with E-state index >= 15 is 0 Å². The lowest BCUT2D eigenvalue weighted by Gasteiger charge is -2.20. The Morgan fingerprint density at radius 3 is 2.58 bits per heavy atom. The van der Waals surface area contributed by atoms with Crippen LogP contribution in [0, 0.1) is 12.8 Å². The van der Waals surface area contributed by atoms with Gasteiger partial charge in [-0.25, -0.2) is 4.98 Å². The zero-order chi connectivity index (χ0) is 17.7. The lowest BCUT2D eigenvalue weighted by atomic mass is 10.0. The largest absolute Gasteiger partial charge is 0.344 e. The molecule has 6 heteroatoms. The molecule has 1 aromatic heterocycles. The Balaban J connectivity index is 2.04. The molecule has 0 saturated heterocycles. The molecule has 128 valence electrons. The average molecular weight is 345 g/mol. The topological polar surface area (TPSA) is 71.1 Å². The molecule has 0 radical (unpaired) electrons. The molecule has 1 aromatic carbocycles. The van der Waals surface area contributed by atoms with Crippen molar-refractivity contribution in [2.75, 3.05) is 5.32 Å². The van der Waals surface area contributed by atoms with E-state index in [1.54, 1.807) is 6.20 Å². The van der Waals surface area contributed by atoms with Crippen molar-refractivity contribution >= 4 is 28.3 Å². The van der Waals surface area contributed by atoms with Crippen LogP contribution in [0.4, 0.5) is 5.13 Å². The van der Waals surface area contributed by atoms with E-state index in [0.29, 0.717) is 5.13 Å². The first-order valence-electron chi connectivity index (χ1n) is 7.94. The van der Waals surface area contributed by atoms with Gasteiger partial charge < -0.3 is 10.6 Å². The van der Waals surface area contributed by atoms with Gasteiger partial charge >= 0.3 is 0 Å². The summed E-state index contributed by atoms with van der Waals surface area (Å²) in [6, 6.07) is 7.66. The smallest absolute Gasteiger partial charge is 0.248 e. The lowest BCUT2D eigenvalue weighted by Crippen LogP contribution is -2.46. The summed E-state index contributed by atoms with van der Waals surface area (Å²) in [6.45, 7) is 7.28. The molecule has 24 heavy (non-hydrogen) atoms. The van der Waals surface area contributed by atoms with Crippen molar-refractivity contribution in [1.29, 1.82) is 0 Å². The Kier molecular flexibility index (Phi) is 6.09. The van der Waals surface area contributed by atoms with E-state index in [9.17, 15) is 9.59 Å². The molecule has 2 amide bonds. The summed E-state index contributed by atoms with van der Waals surface area (Å²) in [5.74, 6) is -0.458. The van der Waals surface area contributed by atoms with Crippen LogP contribution in [0.2, 0.25) is 0 Å². The van der Waals surface area contributed by atoms with Crippen molar-refractivity contribution in [2.45, 2.75) is 40.2 Å². The first-order valence-corrected chi connectivity index (χ1v) is 8.75. The van der Waals surface area contributed by atoms with Crippen molar-refractivity contribution < 1.29 is 9.59 Å². The summed E-state index contributed by atoms with van der Waals surface area (Å²) < 4.78 is 0. The molecule has 1 atom stereocenters. The minimum absolute atomic E-state index is 0.000279. The van der Waals surface area contributed by atoms with Crippen molar-refractivity contribution in [3.8, 4) is 0 Å². The molecule has 0 aliphatic heterocycles. The Bertz CT molecular complexity index is 725. The highest BCUT2D eigenvalue weighted by molar-refractivity contribution is 7.15. The van der Waals surface area contributed by atoms with Gasteiger partial charge in [-0.2, -0.15) is 0 Å². The molecule has 0 aliphatic carbocycles. The van der Waals surface area contributed by atoms with E-state index in [1.165, 1.54) is 29.4 Å². The number of hydrogen-bond acceptors (Lipinski definition) is 4. The van der Waals surface area contributed by atoms with E-state index in [2.05, 4.69) is 34.7 Å². The third-order valence-electron chi connectivity index (χ3n) is 3.72. The van der Waals surface area contributed by atoms with Gasteiger partial charge in [-0.1, -0.05) is 38.1 Å². The molecule has 2 rings (SSSR count). The number of hydrogen-bond donors (Lipinski definition) is 2. The number of amides is 2. The van der Waals surface area contributed by atoms with E-state index < -0.39 is 6.04 Å². The summed E-state index contributed by atoms with van der Waals surface area (Å²) in [5, 5.41) is 6.04.